The molecule has 0 radical (unpaired) electrons. The van der Waals surface area contributed by atoms with Crippen LogP contribution in [0.5, 0.6) is 0 Å². The molecular formula is C29H24N4O. The van der Waals surface area contributed by atoms with Crippen molar-refractivity contribution in [2.45, 2.75) is 26.2 Å². The fraction of sp³-hybridized carbons (Fsp3) is 0.138. The van der Waals surface area contributed by atoms with E-state index in [0.29, 0.717) is 5.52 Å². The Morgan fingerprint density at radius 3 is 2.56 bits per heavy atom. The molecule has 3 aromatic heterocycles. The minimum absolute atomic E-state index is 0.0887. The monoisotopic (exact) mass is 444 g/mol. The lowest BCUT2D eigenvalue weighted by atomic mass is 9.73. The number of H-pyrrole nitrogens is 1. The fourth-order valence-corrected chi connectivity index (χ4v) is 4.98. The van der Waals surface area contributed by atoms with Gasteiger partial charge >= 0.3 is 0 Å². The minimum atomic E-state index is -0.182. The summed E-state index contributed by atoms with van der Waals surface area (Å²) in [5.74, 6) is 0.879. The number of nitrogens with zero attached hydrogens (tertiary/aromatic N) is 3. The van der Waals surface area contributed by atoms with E-state index in [-0.39, 0.29) is 10.8 Å². The van der Waals surface area contributed by atoms with Crippen LogP contribution in [-0.4, -0.2) is 15.0 Å². The van der Waals surface area contributed by atoms with Crippen molar-refractivity contribution >= 4 is 28.2 Å². The van der Waals surface area contributed by atoms with Crippen molar-refractivity contribution in [3.8, 4) is 11.3 Å². The molecule has 0 unspecified atom stereocenters. The smallest absolute Gasteiger partial charge is 0.207 e. The third kappa shape index (κ3) is 3.05. The zero-order valence-corrected chi connectivity index (χ0v) is 19.3. The van der Waals surface area contributed by atoms with Crippen LogP contribution in [0.3, 0.4) is 0 Å². The number of fused-ring (bicyclic) bond motifs is 3. The molecule has 2 aromatic carbocycles. The first kappa shape index (κ1) is 20.4. The van der Waals surface area contributed by atoms with Gasteiger partial charge in [0, 0.05) is 29.4 Å². The number of benzene rings is 2. The van der Waals surface area contributed by atoms with Crippen molar-refractivity contribution in [1.29, 1.82) is 0 Å². The van der Waals surface area contributed by atoms with Gasteiger partial charge in [-0.05, 0) is 60.0 Å². The molecule has 5 heteroatoms. The van der Waals surface area contributed by atoms with Crippen molar-refractivity contribution in [2.75, 3.05) is 4.90 Å². The first-order valence-electron chi connectivity index (χ1n) is 11.4. The first-order chi connectivity index (χ1) is 16.4. The Morgan fingerprint density at radius 2 is 1.71 bits per heavy atom. The Hall–Kier alpha value is -4.25. The summed E-state index contributed by atoms with van der Waals surface area (Å²) in [7, 11) is 0. The number of rotatable bonds is 2. The van der Waals surface area contributed by atoms with Crippen LogP contribution in [0.25, 0.3) is 22.3 Å². The Morgan fingerprint density at radius 1 is 0.882 bits per heavy atom. The summed E-state index contributed by atoms with van der Waals surface area (Å²) in [5.41, 5.74) is 8.45. The summed E-state index contributed by atoms with van der Waals surface area (Å²) >= 11 is 0. The maximum Gasteiger partial charge on any atom is 0.207 e. The van der Waals surface area contributed by atoms with E-state index in [0.717, 1.165) is 39.5 Å². The van der Waals surface area contributed by atoms with E-state index < -0.39 is 0 Å². The van der Waals surface area contributed by atoms with Crippen molar-refractivity contribution in [1.82, 2.24) is 15.0 Å². The predicted molar refractivity (Wildman–Crippen MR) is 137 cm³/mol. The van der Waals surface area contributed by atoms with Crippen LogP contribution in [0.15, 0.2) is 90.0 Å². The van der Waals surface area contributed by atoms with Gasteiger partial charge in [0.2, 0.25) is 5.43 Å². The molecule has 0 saturated heterocycles. The summed E-state index contributed by atoms with van der Waals surface area (Å²) in [6.07, 6.45) is 3.50. The summed E-state index contributed by atoms with van der Waals surface area (Å²) in [5, 5.41) is 0. The largest absolute Gasteiger partial charge is 0.360 e. The summed E-state index contributed by atoms with van der Waals surface area (Å²) in [6, 6.07) is 24.5. The first-order valence-corrected chi connectivity index (χ1v) is 11.4. The number of aryl methyl sites for hydroxylation is 1. The highest BCUT2D eigenvalue weighted by molar-refractivity contribution is 5.87. The van der Waals surface area contributed by atoms with Crippen LogP contribution in [0.1, 0.15) is 30.5 Å². The van der Waals surface area contributed by atoms with E-state index in [4.69, 9.17) is 9.97 Å². The molecule has 1 aliphatic rings. The average Bonchev–Trinajstić information content (AvgIpc) is 2.84. The molecule has 0 fully saturated rings. The Balaban J connectivity index is 1.61. The zero-order valence-electron chi connectivity index (χ0n) is 19.3. The van der Waals surface area contributed by atoms with Crippen LogP contribution in [0.4, 0.5) is 17.2 Å². The molecular weight excluding hydrogens is 420 g/mol. The van der Waals surface area contributed by atoms with Gasteiger partial charge in [-0.2, -0.15) is 0 Å². The molecule has 0 atom stereocenters. The molecule has 5 aromatic rings. The van der Waals surface area contributed by atoms with Gasteiger partial charge in [-0.1, -0.05) is 44.2 Å². The average molecular weight is 445 g/mol. The summed E-state index contributed by atoms with van der Waals surface area (Å²) in [6.45, 7) is 6.61. The Kier molecular flexibility index (Phi) is 4.42. The van der Waals surface area contributed by atoms with Crippen molar-refractivity contribution in [2.24, 2.45) is 0 Å². The number of nitrogens with one attached hydrogen (secondary N) is 1. The highest BCUT2D eigenvalue weighted by Crippen LogP contribution is 2.52. The number of hydrogen-bond donors (Lipinski definition) is 1. The van der Waals surface area contributed by atoms with Gasteiger partial charge < -0.3 is 4.98 Å². The van der Waals surface area contributed by atoms with Crippen LogP contribution in [0.2, 0.25) is 0 Å². The van der Waals surface area contributed by atoms with Gasteiger partial charge in [0.15, 0.2) is 0 Å². The van der Waals surface area contributed by atoms with E-state index in [1.54, 1.807) is 6.20 Å². The molecule has 0 amide bonds. The number of pyridine rings is 3. The molecule has 0 saturated carbocycles. The van der Waals surface area contributed by atoms with E-state index in [2.05, 4.69) is 79.2 Å². The molecule has 4 heterocycles. The van der Waals surface area contributed by atoms with Crippen LogP contribution >= 0.6 is 0 Å². The molecule has 34 heavy (non-hydrogen) atoms. The topological polar surface area (TPSA) is 61.9 Å². The normalized spacial score (nSPS) is 14.0. The molecule has 5 nitrogen and oxygen atoms in total. The maximum atomic E-state index is 12.4. The standard InChI is InChI=1S/C29H24N4O/c1-18-12-14-31-27(16-18)33-24-7-5-4-6-20(24)29(2,3)21-9-8-19(17-25(21)33)22-10-11-23-28(32-22)26(34)13-15-30-23/h4-17H,1-3H3,(H,30,34). The highest BCUT2D eigenvalue weighted by Gasteiger charge is 2.37. The third-order valence-corrected chi connectivity index (χ3v) is 6.76. The van der Waals surface area contributed by atoms with Crippen LogP contribution < -0.4 is 10.3 Å². The molecule has 6 rings (SSSR count). The number of anilines is 3. The maximum absolute atomic E-state index is 12.4. The minimum Gasteiger partial charge on any atom is -0.360 e. The summed E-state index contributed by atoms with van der Waals surface area (Å²) in [4.78, 5) is 27.2. The highest BCUT2D eigenvalue weighted by atomic mass is 16.1. The van der Waals surface area contributed by atoms with Crippen molar-refractivity contribution in [3.63, 3.8) is 0 Å². The van der Waals surface area contributed by atoms with E-state index in [9.17, 15) is 4.79 Å². The quantitative estimate of drug-likeness (QED) is 0.342. The lowest BCUT2D eigenvalue weighted by Crippen LogP contribution is -2.31. The second-order valence-corrected chi connectivity index (χ2v) is 9.34. The van der Waals surface area contributed by atoms with Crippen LogP contribution in [0, 0.1) is 6.92 Å². The number of para-hydroxylation sites is 1. The second kappa shape index (κ2) is 7.39. The molecule has 166 valence electrons. The lowest BCUT2D eigenvalue weighted by Gasteiger charge is -2.41. The van der Waals surface area contributed by atoms with Crippen LogP contribution in [-0.2, 0) is 5.41 Å². The third-order valence-electron chi connectivity index (χ3n) is 6.76. The SMILES string of the molecule is Cc1ccnc(N2c3ccccc3C(C)(C)c3ccc(-c4ccc5[nH]ccc(=O)c5n4)cc32)c1. The molecule has 0 aliphatic carbocycles. The van der Waals surface area contributed by atoms with Crippen molar-refractivity contribution in [3.05, 3.63) is 112 Å². The second-order valence-electron chi connectivity index (χ2n) is 9.34. The van der Waals surface area contributed by atoms with Gasteiger partial charge in [0.25, 0.3) is 0 Å². The van der Waals surface area contributed by atoms with Gasteiger partial charge in [0.1, 0.15) is 11.3 Å². The molecule has 0 bridgehead atoms. The predicted octanol–water partition coefficient (Wildman–Crippen LogP) is 6.40. The van der Waals surface area contributed by atoms with Gasteiger partial charge in [0.05, 0.1) is 22.6 Å². The van der Waals surface area contributed by atoms with Gasteiger partial charge in [-0.15, -0.1) is 0 Å². The fourth-order valence-electron chi connectivity index (χ4n) is 4.98. The Labute approximate surface area is 197 Å². The van der Waals surface area contributed by atoms with Gasteiger partial charge in [-0.3, -0.25) is 9.69 Å². The summed E-state index contributed by atoms with van der Waals surface area (Å²) < 4.78 is 0. The number of hydrogen-bond acceptors (Lipinski definition) is 4. The van der Waals surface area contributed by atoms with E-state index in [1.807, 2.05) is 24.4 Å². The zero-order chi connectivity index (χ0) is 23.4. The molecule has 1 aliphatic heterocycles. The number of aromatic amines is 1. The molecule has 0 spiro atoms. The van der Waals surface area contributed by atoms with E-state index >= 15 is 0 Å². The van der Waals surface area contributed by atoms with E-state index in [1.165, 1.54) is 17.2 Å². The lowest BCUT2D eigenvalue weighted by molar-refractivity contribution is 0.631. The number of aromatic nitrogens is 3. The van der Waals surface area contributed by atoms with Gasteiger partial charge in [-0.25, -0.2) is 9.97 Å². The Bertz CT molecular complexity index is 1630. The van der Waals surface area contributed by atoms with Crippen molar-refractivity contribution < 1.29 is 0 Å². The molecule has 1 N–H and O–H groups in total.